The van der Waals surface area contributed by atoms with E-state index in [1.165, 1.54) is 0 Å². The lowest BCUT2D eigenvalue weighted by Gasteiger charge is -2.14. The Labute approximate surface area is 104 Å². The molecule has 0 aliphatic carbocycles. The van der Waals surface area contributed by atoms with E-state index in [0.717, 1.165) is 5.56 Å². The number of rotatable bonds is 3. The number of nitrogens with one attached hydrogen (secondary N) is 1. The van der Waals surface area contributed by atoms with E-state index in [4.69, 9.17) is 27.9 Å². The van der Waals surface area contributed by atoms with Crippen LogP contribution in [-0.2, 0) is 11.3 Å². The van der Waals surface area contributed by atoms with Crippen molar-refractivity contribution < 1.29 is 9.84 Å². The number of benzene rings is 1. The van der Waals surface area contributed by atoms with Crippen molar-refractivity contribution in [2.24, 2.45) is 0 Å². The predicted octanol–water partition coefficient (Wildman–Crippen LogP) is 1.84. The zero-order chi connectivity index (χ0) is 11.5. The molecule has 1 aromatic carbocycles. The van der Waals surface area contributed by atoms with Crippen LogP contribution in [0, 0.1) is 0 Å². The zero-order valence-corrected chi connectivity index (χ0v) is 10.1. The fraction of sp³-hybridized carbons (Fsp3) is 0.455. The molecule has 2 N–H and O–H groups in total. The average molecular weight is 262 g/mol. The average Bonchev–Trinajstić information content (AvgIpc) is 2.59. The summed E-state index contributed by atoms with van der Waals surface area (Å²) in [5, 5.41) is 14.0. The van der Waals surface area contributed by atoms with Gasteiger partial charge in [-0.15, -0.1) is 0 Å². The maximum absolute atomic E-state index is 9.54. The third-order valence-corrected chi connectivity index (χ3v) is 2.98. The molecule has 2 atom stereocenters. The van der Waals surface area contributed by atoms with Gasteiger partial charge < -0.3 is 15.2 Å². The highest BCUT2D eigenvalue weighted by Gasteiger charge is 2.25. The van der Waals surface area contributed by atoms with Crippen molar-refractivity contribution in [3.05, 3.63) is 33.8 Å². The molecule has 1 aromatic rings. The summed E-state index contributed by atoms with van der Waals surface area (Å²) in [6.45, 7) is 1.55. The Morgan fingerprint density at radius 3 is 2.50 bits per heavy atom. The maximum atomic E-state index is 9.54. The van der Waals surface area contributed by atoms with Crippen molar-refractivity contribution in [3.63, 3.8) is 0 Å². The Bertz CT molecular complexity index is 353. The van der Waals surface area contributed by atoms with Crippen molar-refractivity contribution in [2.75, 3.05) is 13.2 Å². The fourth-order valence-corrected chi connectivity index (χ4v) is 2.27. The molecule has 2 unspecified atom stereocenters. The van der Waals surface area contributed by atoms with Crippen LogP contribution in [0.4, 0.5) is 0 Å². The molecule has 1 aliphatic rings. The van der Waals surface area contributed by atoms with Gasteiger partial charge in [-0.2, -0.15) is 0 Å². The third kappa shape index (κ3) is 3.09. The Hall–Kier alpha value is -0.320. The van der Waals surface area contributed by atoms with E-state index < -0.39 is 6.10 Å². The van der Waals surface area contributed by atoms with Crippen molar-refractivity contribution in [1.29, 1.82) is 0 Å². The maximum Gasteiger partial charge on any atom is 0.0948 e. The highest BCUT2D eigenvalue weighted by molar-refractivity contribution is 6.34. The van der Waals surface area contributed by atoms with Crippen LogP contribution in [-0.4, -0.2) is 30.5 Å². The molecule has 0 aromatic heterocycles. The van der Waals surface area contributed by atoms with Gasteiger partial charge in [-0.25, -0.2) is 0 Å². The number of hydrogen-bond donors (Lipinski definition) is 2. The molecule has 3 nitrogen and oxygen atoms in total. The first-order valence-corrected chi connectivity index (χ1v) is 5.85. The van der Waals surface area contributed by atoms with E-state index in [1.807, 2.05) is 12.1 Å². The summed E-state index contributed by atoms with van der Waals surface area (Å²) in [5.74, 6) is 0. The minimum atomic E-state index is -0.436. The minimum Gasteiger partial charge on any atom is -0.389 e. The van der Waals surface area contributed by atoms with Crippen molar-refractivity contribution in [3.8, 4) is 0 Å². The van der Waals surface area contributed by atoms with Gasteiger partial charge in [-0.05, 0) is 23.8 Å². The standard InChI is InChI=1S/C11H13Cl2NO2/c12-8-1-7(2-9(13)3-8)4-14-10-5-16-6-11(10)15/h1-3,10-11,14-15H,4-6H2. The Kier molecular flexibility index (Phi) is 4.05. The first kappa shape index (κ1) is 12.1. The fourth-order valence-electron chi connectivity index (χ4n) is 1.70. The molecule has 0 spiro atoms. The molecule has 0 saturated carbocycles. The van der Waals surface area contributed by atoms with Gasteiger partial charge in [0.1, 0.15) is 0 Å². The van der Waals surface area contributed by atoms with E-state index in [-0.39, 0.29) is 6.04 Å². The van der Waals surface area contributed by atoms with Crippen molar-refractivity contribution >= 4 is 23.2 Å². The molecule has 1 saturated heterocycles. The second-order valence-corrected chi connectivity index (χ2v) is 4.74. The van der Waals surface area contributed by atoms with E-state index in [1.54, 1.807) is 6.07 Å². The van der Waals surface area contributed by atoms with Gasteiger partial charge in [-0.3, -0.25) is 0 Å². The molecule has 88 valence electrons. The normalized spacial score (nSPS) is 24.9. The van der Waals surface area contributed by atoms with E-state index in [2.05, 4.69) is 5.32 Å². The van der Waals surface area contributed by atoms with Gasteiger partial charge in [0.05, 0.1) is 25.4 Å². The first-order chi connectivity index (χ1) is 7.65. The predicted molar refractivity (Wildman–Crippen MR) is 63.9 cm³/mol. The molecule has 2 rings (SSSR count). The van der Waals surface area contributed by atoms with Gasteiger partial charge >= 0.3 is 0 Å². The molecule has 0 amide bonds. The molecule has 1 fully saturated rings. The quantitative estimate of drug-likeness (QED) is 0.873. The van der Waals surface area contributed by atoms with E-state index in [9.17, 15) is 5.11 Å². The second kappa shape index (κ2) is 5.34. The molecule has 0 bridgehead atoms. The topological polar surface area (TPSA) is 41.5 Å². The lowest BCUT2D eigenvalue weighted by atomic mass is 10.2. The summed E-state index contributed by atoms with van der Waals surface area (Å²) in [5.41, 5.74) is 0.997. The summed E-state index contributed by atoms with van der Waals surface area (Å²) in [6, 6.07) is 5.38. The van der Waals surface area contributed by atoms with E-state index >= 15 is 0 Å². The Morgan fingerprint density at radius 1 is 1.25 bits per heavy atom. The summed E-state index contributed by atoms with van der Waals surface area (Å²) in [7, 11) is 0. The summed E-state index contributed by atoms with van der Waals surface area (Å²) >= 11 is 11.8. The van der Waals surface area contributed by atoms with Crippen LogP contribution in [0.15, 0.2) is 18.2 Å². The Balaban J connectivity index is 1.94. The van der Waals surface area contributed by atoms with Crippen LogP contribution >= 0.6 is 23.2 Å². The monoisotopic (exact) mass is 261 g/mol. The highest BCUT2D eigenvalue weighted by atomic mass is 35.5. The number of halogens is 2. The largest absolute Gasteiger partial charge is 0.389 e. The number of ether oxygens (including phenoxy) is 1. The van der Waals surface area contributed by atoms with Gasteiger partial charge in [0, 0.05) is 16.6 Å². The number of aliphatic hydroxyl groups excluding tert-OH is 1. The van der Waals surface area contributed by atoms with Crippen LogP contribution in [0.2, 0.25) is 10.0 Å². The zero-order valence-electron chi connectivity index (χ0n) is 8.62. The molecule has 16 heavy (non-hydrogen) atoms. The van der Waals surface area contributed by atoms with Crippen LogP contribution in [0.3, 0.4) is 0 Å². The van der Waals surface area contributed by atoms with Gasteiger partial charge in [0.2, 0.25) is 0 Å². The van der Waals surface area contributed by atoms with Crippen LogP contribution in [0.1, 0.15) is 5.56 Å². The molecular formula is C11H13Cl2NO2. The molecular weight excluding hydrogens is 249 g/mol. The van der Waals surface area contributed by atoms with Gasteiger partial charge in [0.25, 0.3) is 0 Å². The number of hydrogen-bond acceptors (Lipinski definition) is 3. The summed E-state index contributed by atoms with van der Waals surface area (Å²) in [4.78, 5) is 0. The van der Waals surface area contributed by atoms with Gasteiger partial charge in [-0.1, -0.05) is 23.2 Å². The van der Waals surface area contributed by atoms with Crippen LogP contribution < -0.4 is 5.32 Å². The van der Waals surface area contributed by atoms with Crippen molar-refractivity contribution in [2.45, 2.75) is 18.7 Å². The number of aliphatic hydroxyl groups is 1. The lowest BCUT2D eigenvalue weighted by Crippen LogP contribution is -2.38. The highest BCUT2D eigenvalue weighted by Crippen LogP contribution is 2.19. The Morgan fingerprint density at radius 2 is 1.94 bits per heavy atom. The van der Waals surface area contributed by atoms with Crippen LogP contribution in [0.5, 0.6) is 0 Å². The molecule has 0 radical (unpaired) electrons. The smallest absolute Gasteiger partial charge is 0.0948 e. The van der Waals surface area contributed by atoms with Gasteiger partial charge in [0.15, 0.2) is 0 Å². The third-order valence-electron chi connectivity index (χ3n) is 2.54. The first-order valence-electron chi connectivity index (χ1n) is 5.09. The van der Waals surface area contributed by atoms with Crippen molar-refractivity contribution in [1.82, 2.24) is 5.32 Å². The SMILES string of the molecule is OC1COCC1NCc1cc(Cl)cc(Cl)c1. The van der Waals surface area contributed by atoms with E-state index in [0.29, 0.717) is 29.8 Å². The molecule has 1 aliphatic heterocycles. The summed E-state index contributed by atoms with van der Waals surface area (Å²) < 4.78 is 5.14. The second-order valence-electron chi connectivity index (χ2n) is 3.87. The lowest BCUT2D eigenvalue weighted by molar-refractivity contribution is 0.122. The van der Waals surface area contributed by atoms with Crippen LogP contribution in [0.25, 0.3) is 0 Å². The summed E-state index contributed by atoms with van der Waals surface area (Å²) in [6.07, 6.45) is -0.436. The minimum absolute atomic E-state index is 0.0160. The molecule has 5 heteroatoms. The molecule has 1 heterocycles.